The molecule has 18 heavy (non-hydrogen) atoms. The van der Waals surface area contributed by atoms with Crippen molar-refractivity contribution in [3.8, 4) is 0 Å². The van der Waals surface area contributed by atoms with E-state index in [0.29, 0.717) is 24.2 Å². The summed E-state index contributed by atoms with van der Waals surface area (Å²) in [6.07, 6.45) is -0.366. The normalized spacial score (nSPS) is 21.0. The summed E-state index contributed by atoms with van der Waals surface area (Å²) in [5, 5.41) is 13.5. The largest absolute Gasteiger partial charge is 0.462 e. The van der Waals surface area contributed by atoms with Gasteiger partial charge in [-0.2, -0.15) is 0 Å². The Bertz CT molecular complexity index is 523. The molecule has 0 unspecified atom stereocenters. The highest BCUT2D eigenvalue weighted by atomic mass is 16.5. The number of fused-ring (bicyclic) bond motifs is 1. The Morgan fingerprint density at radius 3 is 3.11 bits per heavy atom. The van der Waals surface area contributed by atoms with E-state index >= 15 is 0 Å². The number of nitrogens with zero attached hydrogens (tertiary/aromatic N) is 3. The molecule has 6 nitrogen and oxygen atoms in total. The zero-order chi connectivity index (χ0) is 13.1. The quantitative estimate of drug-likeness (QED) is 0.383. The van der Waals surface area contributed by atoms with Crippen molar-refractivity contribution in [2.24, 2.45) is 5.11 Å². The molecule has 6 heteroatoms. The van der Waals surface area contributed by atoms with Crippen LogP contribution in [-0.2, 0) is 11.2 Å². The molecule has 0 heterocycles. The number of aliphatic hydroxyl groups excluding tert-OH is 1. The van der Waals surface area contributed by atoms with Gasteiger partial charge in [0.05, 0.1) is 24.3 Å². The molecule has 1 aliphatic rings. The molecule has 0 spiro atoms. The Morgan fingerprint density at radius 1 is 1.67 bits per heavy atom. The number of hydrogen-bond acceptors (Lipinski definition) is 4. The Hall–Kier alpha value is -2.04. The van der Waals surface area contributed by atoms with Crippen molar-refractivity contribution in [3.63, 3.8) is 0 Å². The van der Waals surface area contributed by atoms with Crippen LogP contribution in [-0.4, -0.2) is 23.7 Å². The molecule has 2 rings (SSSR count). The minimum Gasteiger partial charge on any atom is -0.462 e. The molecule has 0 bridgehead atoms. The predicted molar refractivity (Wildman–Crippen MR) is 64.0 cm³/mol. The van der Waals surface area contributed by atoms with Gasteiger partial charge in [0.15, 0.2) is 0 Å². The fourth-order valence-corrected chi connectivity index (χ4v) is 2.11. The van der Waals surface area contributed by atoms with Gasteiger partial charge in [-0.25, -0.2) is 4.79 Å². The van der Waals surface area contributed by atoms with Crippen molar-refractivity contribution in [2.75, 3.05) is 6.61 Å². The van der Waals surface area contributed by atoms with Gasteiger partial charge in [0.1, 0.15) is 0 Å². The van der Waals surface area contributed by atoms with Gasteiger partial charge in [0.25, 0.3) is 0 Å². The fraction of sp³-hybridized carbons (Fsp3) is 0.417. The minimum atomic E-state index is -0.856. The van der Waals surface area contributed by atoms with Crippen molar-refractivity contribution in [2.45, 2.75) is 25.5 Å². The van der Waals surface area contributed by atoms with Crippen LogP contribution in [0.5, 0.6) is 0 Å². The SMILES string of the molecule is CCOC(=O)c1ccc2c(c1)[C@@H](O)[C@H](N=[N+]=[N-])C2. The Labute approximate surface area is 104 Å². The number of rotatable bonds is 3. The third-order valence-electron chi connectivity index (χ3n) is 2.97. The second-order valence-corrected chi connectivity index (χ2v) is 4.06. The highest BCUT2D eigenvalue weighted by Gasteiger charge is 2.30. The number of hydrogen-bond donors (Lipinski definition) is 1. The number of carbonyl (C=O) groups excluding carboxylic acids is 1. The van der Waals surface area contributed by atoms with E-state index in [2.05, 4.69) is 10.0 Å². The first-order chi connectivity index (χ1) is 8.67. The maximum absolute atomic E-state index is 11.6. The highest BCUT2D eigenvalue weighted by molar-refractivity contribution is 5.89. The van der Waals surface area contributed by atoms with Gasteiger partial charge in [-0.1, -0.05) is 11.2 Å². The zero-order valence-electron chi connectivity index (χ0n) is 9.91. The number of azide groups is 1. The highest BCUT2D eigenvalue weighted by Crippen LogP contribution is 2.34. The Balaban J connectivity index is 2.30. The van der Waals surface area contributed by atoms with Crippen LogP contribution in [0.15, 0.2) is 23.3 Å². The van der Waals surface area contributed by atoms with E-state index in [-0.39, 0.29) is 0 Å². The van der Waals surface area contributed by atoms with Crippen molar-refractivity contribution in [1.82, 2.24) is 0 Å². The summed E-state index contributed by atoms with van der Waals surface area (Å²) in [5.41, 5.74) is 10.3. The van der Waals surface area contributed by atoms with Crippen LogP contribution in [0.4, 0.5) is 0 Å². The predicted octanol–water partition coefficient (Wildman–Crippen LogP) is 2.13. The zero-order valence-corrected chi connectivity index (χ0v) is 9.91. The molecule has 1 aromatic rings. The molecule has 0 saturated carbocycles. The molecule has 2 atom stereocenters. The molecule has 0 fully saturated rings. The van der Waals surface area contributed by atoms with Crippen molar-refractivity contribution >= 4 is 5.97 Å². The van der Waals surface area contributed by atoms with Gasteiger partial charge in [0.2, 0.25) is 0 Å². The smallest absolute Gasteiger partial charge is 0.338 e. The molecule has 0 aliphatic heterocycles. The van der Waals surface area contributed by atoms with Gasteiger partial charge >= 0.3 is 5.97 Å². The molecule has 0 aromatic heterocycles. The summed E-state index contributed by atoms with van der Waals surface area (Å²) in [6, 6.07) is 4.52. The van der Waals surface area contributed by atoms with Gasteiger partial charge in [-0.15, -0.1) is 0 Å². The monoisotopic (exact) mass is 247 g/mol. The third-order valence-corrected chi connectivity index (χ3v) is 2.97. The average molecular weight is 247 g/mol. The van der Waals surface area contributed by atoms with E-state index < -0.39 is 18.1 Å². The van der Waals surface area contributed by atoms with Crippen LogP contribution in [0.2, 0.25) is 0 Å². The van der Waals surface area contributed by atoms with E-state index in [4.69, 9.17) is 10.3 Å². The molecule has 0 saturated heterocycles. The molecule has 1 N–H and O–H groups in total. The maximum Gasteiger partial charge on any atom is 0.338 e. The average Bonchev–Trinajstić information content (AvgIpc) is 2.67. The second kappa shape index (κ2) is 5.08. The van der Waals surface area contributed by atoms with E-state index in [9.17, 15) is 9.90 Å². The lowest BCUT2D eigenvalue weighted by Crippen LogP contribution is -2.10. The molecule has 94 valence electrons. The first-order valence-corrected chi connectivity index (χ1v) is 5.69. The van der Waals surface area contributed by atoms with Crippen LogP contribution < -0.4 is 0 Å². The lowest BCUT2D eigenvalue weighted by molar-refractivity contribution is 0.0526. The summed E-state index contributed by atoms with van der Waals surface area (Å²) < 4.78 is 4.89. The summed E-state index contributed by atoms with van der Waals surface area (Å²) >= 11 is 0. The van der Waals surface area contributed by atoms with Crippen LogP contribution in [0.1, 0.15) is 34.5 Å². The van der Waals surface area contributed by atoms with E-state index in [1.165, 1.54) is 0 Å². The summed E-state index contributed by atoms with van der Waals surface area (Å²) in [7, 11) is 0. The van der Waals surface area contributed by atoms with Crippen molar-refractivity contribution < 1.29 is 14.6 Å². The maximum atomic E-state index is 11.6. The Kier molecular flexibility index (Phi) is 3.50. The minimum absolute atomic E-state index is 0.305. The number of benzene rings is 1. The number of esters is 1. The van der Waals surface area contributed by atoms with E-state index in [1.807, 2.05) is 0 Å². The van der Waals surface area contributed by atoms with Gasteiger partial charge in [0, 0.05) is 4.91 Å². The molecular weight excluding hydrogens is 234 g/mol. The molecule has 0 radical (unpaired) electrons. The Morgan fingerprint density at radius 2 is 2.44 bits per heavy atom. The van der Waals surface area contributed by atoms with Gasteiger partial charge in [-0.3, -0.25) is 0 Å². The lowest BCUT2D eigenvalue weighted by atomic mass is 10.1. The standard InChI is InChI=1S/C12H13N3O3/c1-2-18-12(17)8-4-3-7-6-10(14-15-13)11(16)9(7)5-8/h3-5,10-11,16H,2,6H2,1H3/t10-,11-/m1/s1. The van der Waals surface area contributed by atoms with Crippen molar-refractivity contribution in [1.29, 1.82) is 0 Å². The van der Waals surface area contributed by atoms with Crippen LogP contribution in [0, 0.1) is 0 Å². The third kappa shape index (κ3) is 2.16. The number of aliphatic hydroxyl groups is 1. The molecule has 1 aliphatic carbocycles. The van der Waals surface area contributed by atoms with Crippen LogP contribution in [0.25, 0.3) is 10.4 Å². The number of ether oxygens (including phenoxy) is 1. The summed E-state index contributed by atoms with van der Waals surface area (Å²) in [4.78, 5) is 14.3. The second-order valence-electron chi connectivity index (χ2n) is 4.06. The summed E-state index contributed by atoms with van der Waals surface area (Å²) in [5.74, 6) is -0.417. The van der Waals surface area contributed by atoms with Crippen LogP contribution in [0.3, 0.4) is 0 Å². The lowest BCUT2D eigenvalue weighted by Gasteiger charge is -2.09. The first kappa shape index (κ1) is 12.4. The van der Waals surface area contributed by atoms with E-state index in [0.717, 1.165) is 5.56 Å². The van der Waals surface area contributed by atoms with Gasteiger partial charge < -0.3 is 9.84 Å². The number of carbonyl (C=O) groups is 1. The van der Waals surface area contributed by atoms with Gasteiger partial charge in [-0.05, 0) is 42.1 Å². The first-order valence-electron chi connectivity index (χ1n) is 5.69. The van der Waals surface area contributed by atoms with Crippen LogP contribution >= 0.6 is 0 Å². The van der Waals surface area contributed by atoms with E-state index in [1.54, 1.807) is 25.1 Å². The van der Waals surface area contributed by atoms with Crippen molar-refractivity contribution in [3.05, 3.63) is 45.3 Å². The topological polar surface area (TPSA) is 95.3 Å². The fourth-order valence-electron chi connectivity index (χ4n) is 2.11. The molecule has 0 amide bonds. The summed E-state index contributed by atoms with van der Waals surface area (Å²) in [6.45, 7) is 2.04. The molecular formula is C12H13N3O3. The molecule has 1 aromatic carbocycles.